The van der Waals surface area contributed by atoms with Gasteiger partial charge in [-0.3, -0.25) is 4.79 Å². The summed E-state index contributed by atoms with van der Waals surface area (Å²) in [4.78, 5) is 23.0. The second kappa shape index (κ2) is 7.20. The van der Waals surface area contributed by atoms with E-state index in [-0.39, 0.29) is 11.5 Å². The first-order valence-corrected chi connectivity index (χ1v) is 8.97. The van der Waals surface area contributed by atoms with Gasteiger partial charge in [-0.25, -0.2) is 9.48 Å². The maximum atomic E-state index is 11.7. The van der Waals surface area contributed by atoms with Crippen LogP contribution >= 0.6 is 0 Å². The monoisotopic (exact) mass is 386 g/mol. The summed E-state index contributed by atoms with van der Waals surface area (Å²) in [5.41, 5.74) is 5.52. The molecule has 0 aliphatic heterocycles. The Morgan fingerprint density at radius 3 is 2.28 bits per heavy atom. The first-order valence-electron chi connectivity index (χ1n) is 8.97. The number of anilines is 1. The predicted octanol–water partition coefficient (Wildman–Crippen LogP) is 3.96. The van der Waals surface area contributed by atoms with Crippen molar-refractivity contribution in [2.75, 3.05) is 5.32 Å². The van der Waals surface area contributed by atoms with Gasteiger partial charge in [-0.15, -0.1) is 5.10 Å². The van der Waals surface area contributed by atoms with Crippen LogP contribution in [-0.2, 0) is 11.8 Å². The lowest BCUT2D eigenvalue weighted by molar-refractivity contribution is -0.114. The highest BCUT2D eigenvalue weighted by molar-refractivity contribution is 6.03. The molecule has 0 saturated heterocycles. The van der Waals surface area contributed by atoms with Crippen LogP contribution in [0.25, 0.3) is 33.3 Å². The van der Waals surface area contributed by atoms with Crippen LogP contribution in [0.1, 0.15) is 17.3 Å². The van der Waals surface area contributed by atoms with Crippen molar-refractivity contribution < 1.29 is 14.7 Å². The topological polar surface area (TPSA) is 97.1 Å². The number of aryl methyl sites for hydroxylation is 1. The van der Waals surface area contributed by atoms with E-state index in [1.165, 1.54) is 11.6 Å². The van der Waals surface area contributed by atoms with Gasteiger partial charge in [0.25, 0.3) is 0 Å². The molecule has 4 rings (SSSR count). The SMILES string of the molecule is CC(=O)Nc1cccc(-c2ccc(-c3cc(C(=O)O)c4c(c3)nnn4C)cc2)c1. The molecular formula is C22H18N4O3. The van der Waals surface area contributed by atoms with Crippen molar-refractivity contribution in [2.24, 2.45) is 7.05 Å². The van der Waals surface area contributed by atoms with Crippen LogP contribution in [0.3, 0.4) is 0 Å². The molecule has 0 aliphatic carbocycles. The van der Waals surface area contributed by atoms with Crippen molar-refractivity contribution in [1.82, 2.24) is 15.0 Å². The highest BCUT2D eigenvalue weighted by Crippen LogP contribution is 2.29. The highest BCUT2D eigenvalue weighted by atomic mass is 16.4. The van der Waals surface area contributed by atoms with Gasteiger partial charge in [0.05, 0.1) is 5.56 Å². The average Bonchev–Trinajstić information content (AvgIpc) is 3.08. The van der Waals surface area contributed by atoms with Gasteiger partial charge in [-0.05, 0) is 46.5 Å². The number of hydrogen-bond donors (Lipinski definition) is 2. The number of carboxylic acids is 1. The third-order valence-corrected chi connectivity index (χ3v) is 4.66. The van der Waals surface area contributed by atoms with Crippen molar-refractivity contribution in [3.05, 3.63) is 66.2 Å². The van der Waals surface area contributed by atoms with Gasteiger partial charge >= 0.3 is 5.97 Å². The van der Waals surface area contributed by atoms with Crippen LogP contribution in [0.2, 0.25) is 0 Å². The fourth-order valence-electron chi connectivity index (χ4n) is 3.36. The molecule has 2 N–H and O–H groups in total. The average molecular weight is 386 g/mol. The smallest absolute Gasteiger partial charge is 0.337 e. The Bertz CT molecular complexity index is 1240. The molecule has 1 amide bonds. The third-order valence-electron chi connectivity index (χ3n) is 4.66. The first kappa shape index (κ1) is 18.4. The number of amides is 1. The second-order valence-electron chi connectivity index (χ2n) is 6.75. The van der Waals surface area contributed by atoms with Crippen LogP contribution < -0.4 is 5.32 Å². The minimum atomic E-state index is -1.02. The minimum Gasteiger partial charge on any atom is -0.478 e. The largest absolute Gasteiger partial charge is 0.478 e. The van der Waals surface area contributed by atoms with E-state index in [2.05, 4.69) is 15.6 Å². The molecule has 1 aromatic heterocycles. The van der Waals surface area contributed by atoms with Gasteiger partial charge < -0.3 is 10.4 Å². The fourth-order valence-corrected chi connectivity index (χ4v) is 3.36. The molecule has 3 aromatic carbocycles. The number of nitrogens with one attached hydrogen (secondary N) is 1. The maximum absolute atomic E-state index is 11.7. The van der Waals surface area contributed by atoms with Crippen LogP contribution in [0.5, 0.6) is 0 Å². The number of fused-ring (bicyclic) bond motifs is 1. The molecule has 0 spiro atoms. The van der Waals surface area contributed by atoms with Crippen molar-refractivity contribution >= 4 is 28.6 Å². The van der Waals surface area contributed by atoms with Gasteiger partial charge in [-0.1, -0.05) is 41.6 Å². The number of aromatic carboxylic acids is 1. The fraction of sp³-hybridized carbons (Fsp3) is 0.0909. The Kier molecular flexibility index (Phi) is 4.56. The molecule has 1 heterocycles. The van der Waals surface area contributed by atoms with Crippen molar-refractivity contribution in [1.29, 1.82) is 0 Å². The first-order chi connectivity index (χ1) is 13.9. The van der Waals surface area contributed by atoms with Gasteiger partial charge in [0.2, 0.25) is 5.91 Å². The number of rotatable bonds is 4. The Balaban J connectivity index is 1.72. The number of carbonyl (C=O) groups excluding carboxylic acids is 1. The van der Waals surface area contributed by atoms with E-state index in [0.29, 0.717) is 11.0 Å². The molecule has 0 saturated carbocycles. The number of nitrogens with zero attached hydrogens (tertiary/aromatic N) is 3. The zero-order valence-electron chi connectivity index (χ0n) is 15.9. The van der Waals surface area contributed by atoms with E-state index >= 15 is 0 Å². The maximum Gasteiger partial charge on any atom is 0.337 e. The Hall–Kier alpha value is -4.00. The Morgan fingerprint density at radius 1 is 0.931 bits per heavy atom. The summed E-state index contributed by atoms with van der Waals surface area (Å²) in [5.74, 6) is -1.14. The van der Waals surface area contributed by atoms with Crippen LogP contribution in [-0.4, -0.2) is 32.0 Å². The van der Waals surface area contributed by atoms with E-state index in [4.69, 9.17) is 0 Å². The molecule has 7 nitrogen and oxygen atoms in total. The van der Waals surface area contributed by atoms with E-state index in [9.17, 15) is 14.7 Å². The molecule has 29 heavy (non-hydrogen) atoms. The van der Waals surface area contributed by atoms with E-state index in [1.54, 1.807) is 13.1 Å². The Morgan fingerprint density at radius 2 is 1.62 bits per heavy atom. The predicted molar refractivity (Wildman–Crippen MR) is 111 cm³/mol. The van der Waals surface area contributed by atoms with Crippen molar-refractivity contribution in [3.63, 3.8) is 0 Å². The standard InChI is InChI=1S/C22H18N4O3/c1-13(27)23-18-5-3-4-16(10-18)14-6-8-15(9-7-14)17-11-19(22(28)29)21-20(12-17)24-25-26(21)2/h3-12H,1-2H3,(H,23,27)(H,28,29). The lowest BCUT2D eigenvalue weighted by Gasteiger charge is -2.09. The minimum absolute atomic E-state index is 0.119. The van der Waals surface area contributed by atoms with Crippen molar-refractivity contribution in [2.45, 2.75) is 6.92 Å². The van der Waals surface area contributed by atoms with Gasteiger partial charge in [0.1, 0.15) is 11.0 Å². The summed E-state index contributed by atoms with van der Waals surface area (Å²) in [6, 6.07) is 18.9. The molecule has 7 heteroatoms. The van der Waals surface area contributed by atoms with Crippen molar-refractivity contribution in [3.8, 4) is 22.3 Å². The molecule has 0 fully saturated rings. The third kappa shape index (κ3) is 3.58. The summed E-state index contributed by atoms with van der Waals surface area (Å²) in [6.45, 7) is 1.47. The second-order valence-corrected chi connectivity index (χ2v) is 6.75. The zero-order chi connectivity index (χ0) is 20.5. The number of hydrogen-bond acceptors (Lipinski definition) is 4. The molecule has 0 bridgehead atoms. The zero-order valence-corrected chi connectivity index (χ0v) is 15.9. The molecule has 0 radical (unpaired) electrons. The number of aromatic nitrogens is 3. The molecule has 4 aromatic rings. The van der Waals surface area contributed by atoms with Crippen LogP contribution in [0.4, 0.5) is 5.69 Å². The molecule has 0 atom stereocenters. The van der Waals surface area contributed by atoms with Crippen LogP contribution in [0.15, 0.2) is 60.7 Å². The number of carboxylic acid groups (broad SMARTS) is 1. The lowest BCUT2D eigenvalue weighted by Crippen LogP contribution is -2.05. The van der Waals surface area contributed by atoms with Gasteiger partial charge in [0.15, 0.2) is 0 Å². The van der Waals surface area contributed by atoms with Gasteiger partial charge in [-0.2, -0.15) is 0 Å². The lowest BCUT2D eigenvalue weighted by atomic mass is 9.98. The number of carbonyl (C=O) groups is 2. The summed E-state index contributed by atoms with van der Waals surface area (Å²) in [5, 5.41) is 20.3. The van der Waals surface area contributed by atoms with Gasteiger partial charge in [0, 0.05) is 19.7 Å². The normalized spacial score (nSPS) is 10.8. The molecule has 0 unspecified atom stereocenters. The molecule has 0 aliphatic rings. The Labute approximate surface area is 166 Å². The summed E-state index contributed by atoms with van der Waals surface area (Å²) < 4.78 is 1.47. The van der Waals surface area contributed by atoms with Crippen LogP contribution in [0, 0.1) is 0 Å². The number of benzene rings is 3. The van der Waals surface area contributed by atoms with E-state index in [0.717, 1.165) is 27.9 Å². The summed E-state index contributed by atoms with van der Waals surface area (Å²) in [7, 11) is 1.67. The quantitative estimate of drug-likeness (QED) is 0.553. The highest BCUT2D eigenvalue weighted by Gasteiger charge is 2.16. The molecule has 144 valence electrons. The summed E-state index contributed by atoms with van der Waals surface area (Å²) in [6.07, 6.45) is 0. The van der Waals surface area contributed by atoms with E-state index < -0.39 is 5.97 Å². The summed E-state index contributed by atoms with van der Waals surface area (Å²) >= 11 is 0. The molecular weight excluding hydrogens is 368 g/mol. The van der Waals surface area contributed by atoms with E-state index in [1.807, 2.05) is 54.6 Å².